The molecule has 1 N–H and O–H groups in total. The van der Waals surface area contributed by atoms with Crippen molar-refractivity contribution in [2.75, 3.05) is 23.3 Å². The van der Waals surface area contributed by atoms with Gasteiger partial charge in [0.25, 0.3) is 15.9 Å². The van der Waals surface area contributed by atoms with Gasteiger partial charge in [0.2, 0.25) is 0 Å². The van der Waals surface area contributed by atoms with Crippen molar-refractivity contribution in [1.29, 1.82) is 0 Å². The van der Waals surface area contributed by atoms with Gasteiger partial charge in [-0.15, -0.1) is 0 Å². The van der Waals surface area contributed by atoms with Crippen LogP contribution in [0.4, 0.5) is 11.4 Å². The quantitative estimate of drug-likeness (QED) is 0.522. The molecule has 0 spiro atoms. The SMILES string of the molecule is C=CCOc1ccc(NC(=O)c2ccc(N(C)S(=O)(=O)c3ccccc3)c(C)c2)cc1. The zero-order valence-corrected chi connectivity index (χ0v) is 18.2. The van der Waals surface area contributed by atoms with Gasteiger partial charge >= 0.3 is 0 Å². The summed E-state index contributed by atoms with van der Waals surface area (Å²) in [5.41, 5.74) is 2.23. The van der Waals surface area contributed by atoms with Gasteiger partial charge in [-0.2, -0.15) is 0 Å². The van der Waals surface area contributed by atoms with E-state index in [1.165, 1.54) is 11.4 Å². The molecule has 0 aliphatic rings. The lowest BCUT2D eigenvalue weighted by molar-refractivity contribution is 0.102. The monoisotopic (exact) mass is 436 g/mol. The first-order valence-corrected chi connectivity index (χ1v) is 11.1. The summed E-state index contributed by atoms with van der Waals surface area (Å²) in [6.45, 7) is 5.78. The summed E-state index contributed by atoms with van der Waals surface area (Å²) in [6, 6.07) is 20.2. The fourth-order valence-corrected chi connectivity index (χ4v) is 4.30. The molecule has 0 fully saturated rings. The first kappa shape index (κ1) is 22.1. The second kappa shape index (κ2) is 9.49. The third-order valence-corrected chi connectivity index (χ3v) is 6.47. The Bertz CT molecular complexity index is 1170. The third kappa shape index (κ3) is 5.13. The van der Waals surface area contributed by atoms with Crippen molar-refractivity contribution in [1.82, 2.24) is 0 Å². The molecule has 1 amide bonds. The minimum absolute atomic E-state index is 0.208. The van der Waals surface area contributed by atoms with Crippen molar-refractivity contribution in [2.24, 2.45) is 0 Å². The van der Waals surface area contributed by atoms with E-state index in [-0.39, 0.29) is 10.8 Å². The number of aryl methyl sites for hydroxylation is 1. The van der Waals surface area contributed by atoms with E-state index in [4.69, 9.17) is 4.74 Å². The van der Waals surface area contributed by atoms with Crippen molar-refractivity contribution in [3.05, 3.63) is 96.6 Å². The first-order chi connectivity index (χ1) is 14.8. The molecule has 0 saturated carbocycles. The highest BCUT2D eigenvalue weighted by atomic mass is 32.2. The summed E-state index contributed by atoms with van der Waals surface area (Å²) in [7, 11) is -2.19. The maximum atomic E-state index is 12.9. The average molecular weight is 437 g/mol. The predicted molar refractivity (Wildman–Crippen MR) is 123 cm³/mol. The molecule has 31 heavy (non-hydrogen) atoms. The normalized spacial score (nSPS) is 10.9. The summed E-state index contributed by atoms with van der Waals surface area (Å²) >= 11 is 0. The molecule has 3 aromatic carbocycles. The van der Waals surface area contributed by atoms with Crippen LogP contribution in [-0.2, 0) is 10.0 Å². The average Bonchev–Trinajstić information content (AvgIpc) is 2.78. The molecule has 0 unspecified atom stereocenters. The van der Waals surface area contributed by atoms with Gasteiger partial charge < -0.3 is 10.1 Å². The molecular weight excluding hydrogens is 412 g/mol. The van der Waals surface area contributed by atoms with Crippen LogP contribution in [0, 0.1) is 6.92 Å². The molecule has 0 bridgehead atoms. The Morgan fingerprint density at radius 1 is 1.06 bits per heavy atom. The van der Waals surface area contributed by atoms with Crippen LogP contribution in [0.1, 0.15) is 15.9 Å². The number of hydrogen-bond donors (Lipinski definition) is 1. The number of ether oxygens (including phenoxy) is 1. The van der Waals surface area contributed by atoms with E-state index in [2.05, 4.69) is 11.9 Å². The number of nitrogens with zero attached hydrogens (tertiary/aromatic N) is 1. The summed E-state index contributed by atoms with van der Waals surface area (Å²) in [6.07, 6.45) is 1.66. The summed E-state index contributed by atoms with van der Waals surface area (Å²) < 4.78 is 32.4. The van der Waals surface area contributed by atoms with Gasteiger partial charge in [0.05, 0.1) is 10.6 Å². The Hall–Kier alpha value is -3.58. The molecule has 6 nitrogen and oxygen atoms in total. The highest BCUT2D eigenvalue weighted by Crippen LogP contribution is 2.26. The lowest BCUT2D eigenvalue weighted by Crippen LogP contribution is -2.27. The van der Waals surface area contributed by atoms with Gasteiger partial charge in [0, 0.05) is 18.3 Å². The van der Waals surface area contributed by atoms with Crippen LogP contribution in [0.15, 0.2) is 90.3 Å². The minimum Gasteiger partial charge on any atom is -0.490 e. The molecule has 0 heterocycles. The van der Waals surface area contributed by atoms with Gasteiger partial charge in [-0.05, 0) is 67.1 Å². The molecule has 160 valence electrons. The standard InChI is InChI=1S/C24H24N2O4S/c1-4-16-30-21-13-11-20(12-14-21)25-24(27)19-10-15-23(18(2)17-19)26(3)31(28,29)22-8-6-5-7-9-22/h4-15,17H,1,16H2,2-3H3,(H,25,27). The third-order valence-electron chi connectivity index (χ3n) is 4.68. The van der Waals surface area contributed by atoms with Crippen molar-refractivity contribution in [3.63, 3.8) is 0 Å². The van der Waals surface area contributed by atoms with Crippen LogP contribution in [0.5, 0.6) is 5.75 Å². The highest BCUT2D eigenvalue weighted by molar-refractivity contribution is 7.92. The van der Waals surface area contributed by atoms with E-state index in [0.29, 0.717) is 34.9 Å². The fraction of sp³-hybridized carbons (Fsp3) is 0.125. The van der Waals surface area contributed by atoms with E-state index in [1.54, 1.807) is 85.8 Å². The molecule has 3 aromatic rings. The molecule has 0 aromatic heterocycles. The smallest absolute Gasteiger partial charge is 0.264 e. The zero-order valence-electron chi connectivity index (χ0n) is 17.4. The maximum Gasteiger partial charge on any atom is 0.264 e. The van der Waals surface area contributed by atoms with Gasteiger partial charge in [-0.3, -0.25) is 9.10 Å². The van der Waals surface area contributed by atoms with Crippen LogP contribution in [0.3, 0.4) is 0 Å². The predicted octanol–water partition coefficient (Wildman–Crippen LogP) is 4.64. The van der Waals surface area contributed by atoms with Crippen LogP contribution in [0.2, 0.25) is 0 Å². The Balaban J connectivity index is 1.75. The van der Waals surface area contributed by atoms with Crippen molar-refractivity contribution in [2.45, 2.75) is 11.8 Å². The Kier molecular flexibility index (Phi) is 6.77. The number of sulfonamides is 1. The number of rotatable bonds is 8. The number of amides is 1. The number of carbonyl (C=O) groups is 1. The summed E-state index contributed by atoms with van der Waals surface area (Å²) in [4.78, 5) is 12.8. The molecule has 0 saturated heterocycles. The molecule has 7 heteroatoms. The van der Waals surface area contributed by atoms with Crippen LogP contribution in [-0.4, -0.2) is 28.0 Å². The molecule has 0 radical (unpaired) electrons. The fourth-order valence-electron chi connectivity index (χ4n) is 3.02. The number of anilines is 2. The minimum atomic E-state index is -3.69. The molecule has 0 atom stereocenters. The van der Waals surface area contributed by atoms with E-state index in [0.717, 1.165) is 0 Å². The molecule has 0 aliphatic carbocycles. The Morgan fingerprint density at radius 2 is 1.74 bits per heavy atom. The van der Waals surface area contributed by atoms with E-state index in [1.807, 2.05) is 0 Å². The highest BCUT2D eigenvalue weighted by Gasteiger charge is 2.22. The molecule has 0 aliphatic heterocycles. The summed E-state index contributed by atoms with van der Waals surface area (Å²) in [5.74, 6) is 0.392. The number of benzene rings is 3. The Labute approximate surface area is 182 Å². The number of carbonyl (C=O) groups excluding carboxylic acids is 1. The largest absolute Gasteiger partial charge is 0.490 e. The van der Waals surface area contributed by atoms with Crippen LogP contribution in [0.25, 0.3) is 0 Å². The van der Waals surface area contributed by atoms with Gasteiger partial charge in [0.1, 0.15) is 12.4 Å². The van der Waals surface area contributed by atoms with E-state index < -0.39 is 10.0 Å². The van der Waals surface area contributed by atoms with Gasteiger partial charge in [-0.1, -0.05) is 30.9 Å². The van der Waals surface area contributed by atoms with Crippen molar-refractivity contribution in [3.8, 4) is 5.75 Å². The lowest BCUT2D eigenvalue weighted by Gasteiger charge is -2.22. The second-order valence-electron chi connectivity index (χ2n) is 6.87. The van der Waals surface area contributed by atoms with Crippen LogP contribution >= 0.6 is 0 Å². The van der Waals surface area contributed by atoms with Gasteiger partial charge in [-0.25, -0.2) is 8.42 Å². The zero-order chi connectivity index (χ0) is 22.4. The van der Waals surface area contributed by atoms with Crippen LogP contribution < -0.4 is 14.4 Å². The number of hydrogen-bond acceptors (Lipinski definition) is 4. The number of nitrogens with one attached hydrogen (secondary N) is 1. The summed E-state index contributed by atoms with van der Waals surface area (Å²) in [5, 5.41) is 2.83. The second-order valence-corrected chi connectivity index (χ2v) is 8.83. The van der Waals surface area contributed by atoms with Crippen molar-refractivity contribution < 1.29 is 17.9 Å². The van der Waals surface area contributed by atoms with Crippen molar-refractivity contribution >= 4 is 27.3 Å². The van der Waals surface area contributed by atoms with E-state index in [9.17, 15) is 13.2 Å². The molecule has 3 rings (SSSR count). The first-order valence-electron chi connectivity index (χ1n) is 9.62. The lowest BCUT2D eigenvalue weighted by atomic mass is 10.1. The topological polar surface area (TPSA) is 75.7 Å². The maximum absolute atomic E-state index is 12.9. The van der Waals surface area contributed by atoms with Gasteiger partial charge in [0.15, 0.2) is 0 Å². The molecular formula is C24H24N2O4S. The van der Waals surface area contributed by atoms with E-state index >= 15 is 0 Å². The Morgan fingerprint density at radius 3 is 2.35 bits per heavy atom.